The maximum atomic E-state index is 12.8. The standard InChI is InChI=1S/C19H26N2O2/c1-11(2)10-21-15-9-14(17(20)13-5-6-13)7-8-16(15)23-18(12(3)4)19(21)22/h7-9,12-13,17-18H,1,5-6,10,20H2,2-4H3. The second-order valence-corrected chi connectivity index (χ2v) is 7.25. The first kappa shape index (κ1) is 16.1. The lowest BCUT2D eigenvalue weighted by Gasteiger charge is -2.36. The minimum absolute atomic E-state index is 0.00708. The summed E-state index contributed by atoms with van der Waals surface area (Å²) in [7, 11) is 0. The van der Waals surface area contributed by atoms with Gasteiger partial charge >= 0.3 is 0 Å². The normalized spacial score (nSPS) is 21.9. The summed E-state index contributed by atoms with van der Waals surface area (Å²) in [5, 5.41) is 0. The van der Waals surface area contributed by atoms with E-state index in [1.165, 1.54) is 12.8 Å². The number of anilines is 1. The molecule has 1 aliphatic heterocycles. The molecule has 1 aromatic rings. The number of ether oxygens (including phenoxy) is 1. The van der Waals surface area contributed by atoms with Crippen molar-refractivity contribution in [3.8, 4) is 5.75 Å². The highest BCUT2D eigenvalue weighted by atomic mass is 16.5. The Morgan fingerprint density at radius 1 is 1.43 bits per heavy atom. The third-order valence-electron chi connectivity index (χ3n) is 4.59. The Balaban J connectivity index is 1.99. The number of nitrogens with two attached hydrogens (primary N) is 1. The Bertz CT molecular complexity index is 634. The molecule has 3 rings (SSSR count). The highest BCUT2D eigenvalue weighted by Crippen LogP contribution is 2.43. The molecule has 124 valence electrons. The molecule has 0 saturated heterocycles. The summed E-state index contributed by atoms with van der Waals surface area (Å²) in [6.45, 7) is 10.4. The van der Waals surface area contributed by atoms with Crippen molar-refractivity contribution in [3.63, 3.8) is 0 Å². The highest BCUT2D eigenvalue weighted by Gasteiger charge is 2.37. The van der Waals surface area contributed by atoms with Gasteiger partial charge in [0.25, 0.3) is 5.91 Å². The van der Waals surface area contributed by atoms with Crippen LogP contribution in [0.15, 0.2) is 30.4 Å². The molecule has 2 aliphatic rings. The molecule has 1 aliphatic carbocycles. The van der Waals surface area contributed by atoms with Crippen LogP contribution in [0.1, 0.15) is 45.2 Å². The van der Waals surface area contributed by atoms with Gasteiger partial charge in [0, 0.05) is 12.6 Å². The molecule has 1 amide bonds. The number of rotatable bonds is 5. The molecule has 0 aromatic heterocycles. The topological polar surface area (TPSA) is 55.6 Å². The van der Waals surface area contributed by atoms with Crippen molar-refractivity contribution >= 4 is 11.6 Å². The van der Waals surface area contributed by atoms with Crippen molar-refractivity contribution < 1.29 is 9.53 Å². The van der Waals surface area contributed by atoms with Crippen LogP contribution in [0.3, 0.4) is 0 Å². The lowest BCUT2D eigenvalue weighted by atomic mass is 9.99. The van der Waals surface area contributed by atoms with Gasteiger partial charge in [-0.3, -0.25) is 4.79 Å². The Kier molecular flexibility index (Phi) is 4.19. The van der Waals surface area contributed by atoms with Crippen LogP contribution >= 0.6 is 0 Å². The molecule has 23 heavy (non-hydrogen) atoms. The van der Waals surface area contributed by atoms with Gasteiger partial charge in [0.15, 0.2) is 6.10 Å². The minimum atomic E-state index is -0.440. The van der Waals surface area contributed by atoms with Gasteiger partial charge in [-0.05, 0) is 49.3 Å². The van der Waals surface area contributed by atoms with Crippen LogP contribution in [-0.2, 0) is 4.79 Å². The molecule has 0 radical (unpaired) electrons. The largest absolute Gasteiger partial charge is 0.478 e. The van der Waals surface area contributed by atoms with Crippen molar-refractivity contribution in [2.75, 3.05) is 11.4 Å². The van der Waals surface area contributed by atoms with Crippen molar-refractivity contribution in [2.45, 2.75) is 45.8 Å². The van der Waals surface area contributed by atoms with E-state index in [1.54, 1.807) is 4.90 Å². The fourth-order valence-corrected chi connectivity index (χ4v) is 3.09. The van der Waals surface area contributed by atoms with E-state index in [-0.39, 0.29) is 17.9 Å². The van der Waals surface area contributed by atoms with Gasteiger partial charge in [0.1, 0.15) is 5.75 Å². The van der Waals surface area contributed by atoms with Crippen LogP contribution in [0.2, 0.25) is 0 Å². The molecule has 1 fully saturated rings. The Morgan fingerprint density at radius 3 is 2.70 bits per heavy atom. The van der Waals surface area contributed by atoms with Crippen LogP contribution in [0.4, 0.5) is 5.69 Å². The maximum absolute atomic E-state index is 12.8. The van der Waals surface area contributed by atoms with Gasteiger partial charge in [-0.25, -0.2) is 0 Å². The summed E-state index contributed by atoms with van der Waals surface area (Å²) in [6.07, 6.45) is 1.95. The third kappa shape index (κ3) is 3.13. The molecule has 0 spiro atoms. The zero-order valence-corrected chi connectivity index (χ0v) is 14.2. The average molecular weight is 314 g/mol. The van der Waals surface area contributed by atoms with Crippen LogP contribution in [0.5, 0.6) is 5.75 Å². The zero-order chi connectivity index (χ0) is 16.7. The van der Waals surface area contributed by atoms with Gasteiger partial charge in [0.05, 0.1) is 5.69 Å². The molecule has 4 heteroatoms. The first-order valence-corrected chi connectivity index (χ1v) is 8.40. The number of fused-ring (bicyclic) bond motifs is 1. The van der Waals surface area contributed by atoms with Gasteiger partial charge in [-0.2, -0.15) is 0 Å². The molecule has 1 saturated carbocycles. The van der Waals surface area contributed by atoms with Gasteiger partial charge in [-0.1, -0.05) is 32.1 Å². The molecule has 1 heterocycles. The van der Waals surface area contributed by atoms with E-state index in [2.05, 4.69) is 6.58 Å². The predicted octanol–water partition coefficient (Wildman–Crippen LogP) is 3.42. The molecule has 2 atom stereocenters. The van der Waals surface area contributed by atoms with Gasteiger partial charge < -0.3 is 15.4 Å². The van der Waals surface area contributed by atoms with E-state index >= 15 is 0 Å². The SMILES string of the molecule is C=C(C)CN1C(=O)C(C(C)C)Oc2ccc(C(N)C3CC3)cc21. The summed E-state index contributed by atoms with van der Waals surface area (Å²) < 4.78 is 5.97. The van der Waals surface area contributed by atoms with Crippen LogP contribution in [0.25, 0.3) is 0 Å². The Labute approximate surface area is 138 Å². The van der Waals surface area contributed by atoms with Gasteiger partial charge in [-0.15, -0.1) is 0 Å². The van der Waals surface area contributed by atoms with Crippen LogP contribution < -0.4 is 15.4 Å². The lowest BCUT2D eigenvalue weighted by molar-refractivity contribution is -0.128. The fourth-order valence-electron chi connectivity index (χ4n) is 3.09. The van der Waals surface area contributed by atoms with E-state index in [4.69, 9.17) is 10.5 Å². The molecule has 1 aromatic carbocycles. The van der Waals surface area contributed by atoms with Gasteiger partial charge in [0.2, 0.25) is 0 Å². The number of carbonyl (C=O) groups is 1. The highest BCUT2D eigenvalue weighted by molar-refractivity contribution is 6.00. The fraction of sp³-hybridized carbons (Fsp3) is 0.526. The summed E-state index contributed by atoms with van der Waals surface area (Å²) in [4.78, 5) is 14.6. The third-order valence-corrected chi connectivity index (χ3v) is 4.59. The van der Waals surface area contributed by atoms with E-state index < -0.39 is 6.10 Å². The first-order chi connectivity index (χ1) is 10.9. The second-order valence-electron chi connectivity index (χ2n) is 7.25. The Hall–Kier alpha value is -1.81. The molecule has 2 unspecified atom stereocenters. The zero-order valence-electron chi connectivity index (χ0n) is 14.2. The number of amides is 1. The van der Waals surface area contributed by atoms with E-state index in [9.17, 15) is 4.79 Å². The average Bonchev–Trinajstić information content (AvgIpc) is 3.32. The molecule has 2 N–H and O–H groups in total. The van der Waals surface area contributed by atoms with E-state index in [0.29, 0.717) is 12.5 Å². The van der Waals surface area contributed by atoms with Crippen LogP contribution in [0, 0.1) is 11.8 Å². The second kappa shape index (κ2) is 6.00. The number of nitrogens with zero attached hydrogens (tertiary/aromatic N) is 1. The molecular weight excluding hydrogens is 288 g/mol. The summed E-state index contributed by atoms with van der Waals surface area (Å²) in [5.41, 5.74) is 9.18. The molecule has 4 nitrogen and oxygen atoms in total. The quantitative estimate of drug-likeness (QED) is 0.847. The minimum Gasteiger partial charge on any atom is -0.478 e. The van der Waals surface area contributed by atoms with Crippen molar-refractivity contribution in [1.82, 2.24) is 0 Å². The smallest absolute Gasteiger partial charge is 0.268 e. The first-order valence-electron chi connectivity index (χ1n) is 8.40. The number of hydrogen-bond donors (Lipinski definition) is 1. The monoisotopic (exact) mass is 314 g/mol. The van der Waals surface area contributed by atoms with Crippen molar-refractivity contribution in [1.29, 1.82) is 0 Å². The number of hydrogen-bond acceptors (Lipinski definition) is 3. The van der Waals surface area contributed by atoms with Crippen molar-refractivity contribution in [2.24, 2.45) is 17.6 Å². The number of benzene rings is 1. The van der Waals surface area contributed by atoms with E-state index in [0.717, 1.165) is 22.6 Å². The Morgan fingerprint density at radius 2 is 2.13 bits per heavy atom. The lowest BCUT2D eigenvalue weighted by Crippen LogP contribution is -2.48. The maximum Gasteiger partial charge on any atom is 0.268 e. The molecular formula is C19H26N2O2. The predicted molar refractivity (Wildman–Crippen MR) is 92.5 cm³/mol. The van der Waals surface area contributed by atoms with Crippen molar-refractivity contribution in [3.05, 3.63) is 35.9 Å². The molecule has 0 bridgehead atoms. The van der Waals surface area contributed by atoms with E-state index in [1.807, 2.05) is 39.0 Å². The summed E-state index contributed by atoms with van der Waals surface area (Å²) >= 11 is 0. The van der Waals surface area contributed by atoms with Crippen LogP contribution in [-0.4, -0.2) is 18.6 Å². The number of carbonyl (C=O) groups excluding carboxylic acids is 1. The summed E-state index contributed by atoms with van der Waals surface area (Å²) in [5.74, 6) is 1.46. The summed E-state index contributed by atoms with van der Waals surface area (Å²) in [6, 6.07) is 6.06.